The van der Waals surface area contributed by atoms with Crippen LogP contribution in [0.15, 0.2) is 60.0 Å². The lowest BCUT2D eigenvalue weighted by atomic mass is 10.2. The Kier molecular flexibility index (Phi) is 7.41. The summed E-state index contributed by atoms with van der Waals surface area (Å²) >= 11 is 1.45. The molecule has 2 aromatic heterocycles. The van der Waals surface area contributed by atoms with E-state index < -0.39 is 0 Å². The molecule has 0 spiro atoms. The largest absolute Gasteiger partial charge is 0.335 e. The van der Waals surface area contributed by atoms with Crippen molar-refractivity contribution in [2.75, 3.05) is 5.75 Å². The summed E-state index contributed by atoms with van der Waals surface area (Å²) in [5, 5.41) is 9.50. The molecule has 1 amide bonds. The van der Waals surface area contributed by atoms with E-state index in [1.54, 1.807) is 12.4 Å². The number of thioether (sulfide) groups is 1. The van der Waals surface area contributed by atoms with Crippen LogP contribution in [0.4, 0.5) is 0 Å². The molecule has 0 saturated carbocycles. The van der Waals surface area contributed by atoms with Crippen molar-refractivity contribution in [3.8, 4) is 11.4 Å². The van der Waals surface area contributed by atoms with Crippen LogP contribution >= 0.6 is 11.8 Å². The Morgan fingerprint density at radius 2 is 1.83 bits per heavy atom. The van der Waals surface area contributed by atoms with Crippen molar-refractivity contribution in [1.82, 2.24) is 24.6 Å². The third kappa shape index (κ3) is 5.44. The van der Waals surface area contributed by atoms with Gasteiger partial charge in [-0.15, -0.1) is 10.2 Å². The summed E-state index contributed by atoms with van der Waals surface area (Å²) in [6.45, 7) is 7.64. The monoisotopic (exact) mass is 409 g/mol. The molecule has 0 saturated heterocycles. The van der Waals surface area contributed by atoms with Gasteiger partial charge in [-0.25, -0.2) is 0 Å². The second kappa shape index (κ2) is 10.2. The highest BCUT2D eigenvalue weighted by molar-refractivity contribution is 7.99. The Morgan fingerprint density at radius 3 is 2.48 bits per heavy atom. The molecule has 0 bridgehead atoms. The third-order valence-corrected chi connectivity index (χ3v) is 5.52. The van der Waals surface area contributed by atoms with Crippen molar-refractivity contribution in [3.05, 3.63) is 60.4 Å². The fourth-order valence-electron chi connectivity index (χ4n) is 3.08. The Balaban J connectivity index is 1.72. The van der Waals surface area contributed by atoms with Crippen LogP contribution in [0.2, 0.25) is 0 Å². The molecule has 3 rings (SSSR count). The zero-order chi connectivity index (χ0) is 20.6. The second-order valence-electron chi connectivity index (χ2n) is 7.08. The Hall–Kier alpha value is -2.67. The SMILES string of the molecule is CCCn1c(SCC(=O)N(Cc2ccccc2)C(C)C)nnc1-c1ccncc1. The van der Waals surface area contributed by atoms with Crippen molar-refractivity contribution in [1.29, 1.82) is 0 Å². The van der Waals surface area contributed by atoms with Crippen LogP contribution in [0.1, 0.15) is 32.8 Å². The summed E-state index contributed by atoms with van der Waals surface area (Å²) < 4.78 is 2.09. The molecule has 0 atom stereocenters. The predicted molar refractivity (Wildman–Crippen MR) is 116 cm³/mol. The van der Waals surface area contributed by atoms with E-state index >= 15 is 0 Å². The molecule has 29 heavy (non-hydrogen) atoms. The molecule has 2 heterocycles. The molecule has 1 aromatic carbocycles. The number of benzene rings is 1. The van der Waals surface area contributed by atoms with E-state index in [1.807, 2.05) is 49.1 Å². The average molecular weight is 410 g/mol. The lowest BCUT2D eigenvalue weighted by Crippen LogP contribution is -2.37. The first kappa shape index (κ1) is 21.0. The molecule has 0 N–H and O–H groups in total. The molecule has 0 aliphatic heterocycles. The molecule has 0 fully saturated rings. The molecule has 6 nitrogen and oxygen atoms in total. The van der Waals surface area contributed by atoms with E-state index in [9.17, 15) is 4.79 Å². The number of hydrogen-bond acceptors (Lipinski definition) is 5. The van der Waals surface area contributed by atoms with Gasteiger partial charge in [0.05, 0.1) is 5.75 Å². The van der Waals surface area contributed by atoms with Gasteiger partial charge in [-0.05, 0) is 38.0 Å². The van der Waals surface area contributed by atoms with Crippen molar-refractivity contribution < 1.29 is 4.79 Å². The zero-order valence-electron chi connectivity index (χ0n) is 17.2. The minimum atomic E-state index is 0.102. The van der Waals surface area contributed by atoms with E-state index in [0.717, 1.165) is 35.1 Å². The van der Waals surface area contributed by atoms with Crippen LogP contribution in [-0.4, -0.2) is 42.4 Å². The number of rotatable bonds is 9. The van der Waals surface area contributed by atoms with Crippen LogP contribution in [0.25, 0.3) is 11.4 Å². The Labute approximate surface area is 176 Å². The maximum absolute atomic E-state index is 12.9. The standard InChI is InChI=1S/C22H27N5OS/c1-4-14-26-21(19-10-12-23-13-11-19)24-25-22(26)29-16-20(28)27(17(2)3)15-18-8-6-5-7-9-18/h5-13,17H,4,14-16H2,1-3H3. The van der Waals surface area contributed by atoms with Crippen molar-refractivity contribution in [2.45, 2.75) is 51.5 Å². The number of carbonyl (C=O) groups is 1. The molecular weight excluding hydrogens is 382 g/mol. The highest BCUT2D eigenvalue weighted by Gasteiger charge is 2.20. The van der Waals surface area contributed by atoms with Crippen molar-refractivity contribution in [2.24, 2.45) is 0 Å². The second-order valence-corrected chi connectivity index (χ2v) is 8.03. The number of carbonyl (C=O) groups excluding carboxylic acids is 1. The summed E-state index contributed by atoms with van der Waals surface area (Å²) in [6.07, 6.45) is 4.46. The van der Waals surface area contributed by atoms with E-state index in [4.69, 9.17) is 0 Å². The van der Waals surface area contributed by atoms with Crippen LogP contribution in [0.3, 0.4) is 0 Å². The normalized spacial score (nSPS) is 11.0. The minimum Gasteiger partial charge on any atom is -0.335 e. The molecular formula is C22H27N5OS. The summed E-state index contributed by atoms with van der Waals surface area (Å²) in [7, 11) is 0. The first-order chi connectivity index (χ1) is 14.1. The van der Waals surface area contributed by atoms with Gasteiger partial charge in [-0.3, -0.25) is 9.78 Å². The number of aromatic nitrogens is 4. The van der Waals surface area contributed by atoms with Gasteiger partial charge in [0, 0.05) is 37.1 Å². The van der Waals surface area contributed by atoms with Gasteiger partial charge in [0.2, 0.25) is 5.91 Å². The van der Waals surface area contributed by atoms with E-state index in [1.165, 1.54) is 11.8 Å². The Morgan fingerprint density at radius 1 is 1.10 bits per heavy atom. The molecule has 7 heteroatoms. The van der Waals surface area contributed by atoms with E-state index in [0.29, 0.717) is 12.3 Å². The van der Waals surface area contributed by atoms with Crippen LogP contribution < -0.4 is 0 Å². The number of hydrogen-bond donors (Lipinski definition) is 0. The molecule has 152 valence electrons. The van der Waals surface area contributed by atoms with Crippen molar-refractivity contribution >= 4 is 17.7 Å². The lowest BCUT2D eigenvalue weighted by molar-refractivity contribution is -0.130. The summed E-state index contributed by atoms with van der Waals surface area (Å²) in [4.78, 5) is 18.9. The number of amides is 1. The van der Waals surface area contributed by atoms with E-state index in [2.05, 4.69) is 38.8 Å². The van der Waals surface area contributed by atoms with E-state index in [-0.39, 0.29) is 11.9 Å². The quantitative estimate of drug-likeness (QED) is 0.494. The molecule has 0 aliphatic carbocycles. The number of nitrogens with zero attached hydrogens (tertiary/aromatic N) is 5. The predicted octanol–water partition coefficient (Wildman–Crippen LogP) is 4.28. The molecule has 3 aromatic rings. The first-order valence-electron chi connectivity index (χ1n) is 9.90. The topological polar surface area (TPSA) is 63.9 Å². The molecule has 0 radical (unpaired) electrons. The first-order valence-corrected chi connectivity index (χ1v) is 10.9. The van der Waals surface area contributed by atoms with Gasteiger partial charge in [0.25, 0.3) is 0 Å². The van der Waals surface area contributed by atoms with Gasteiger partial charge < -0.3 is 9.47 Å². The smallest absolute Gasteiger partial charge is 0.233 e. The van der Waals surface area contributed by atoms with Gasteiger partial charge >= 0.3 is 0 Å². The highest BCUT2D eigenvalue weighted by Crippen LogP contribution is 2.24. The van der Waals surface area contributed by atoms with Crippen LogP contribution in [0, 0.1) is 0 Å². The maximum atomic E-state index is 12.9. The summed E-state index contributed by atoms with van der Waals surface area (Å²) in [5.41, 5.74) is 2.11. The van der Waals surface area contributed by atoms with Gasteiger partial charge in [-0.1, -0.05) is 49.0 Å². The fourth-order valence-corrected chi connectivity index (χ4v) is 3.93. The van der Waals surface area contributed by atoms with Crippen molar-refractivity contribution in [3.63, 3.8) is 0 Å². The highest BCUT2D eigenvalue weighted by atomic mass is 32.2. The Bertz CT molecular complexity index is 911. The average Bonchev–Trinajstić information content (AvgIpc) is 3.14. The number of pyridine rings is 1. The van der Waals surface area contributed by atoms with Gasteiger partial charge in [0.1, 0.15) is 0 Å². The summed E-state index contributed by atoms with van der Waals surface area (Å²) in [5.74, 6) is 1.25. The maximum Gasteiger partial charge on any atom is 0.233 e. The van der Waals surface area contributed by atoms with Gasteiger partial charge in [0.15, 0.2) is 11.0 Å². The van der Waals surface area contributed by atoms with Crippen LogP contribution in [0.5, 0.6) is 0 Å². The summed E-state index contributed by atoms with van der Waals surface area (Å²) in [6, 6.07) is 14.1. The minimum absolute atomic E-state index is 0.102. The lowest BCUT2D eigenvalue weighted by Gasteiger charge is -2.26. The molecule has 0 aliphatic rings. The zero-order valence-corrected chi connectivity index (χ0v) is 18.0. The fraction of sp³-hybridized carbons (Fsp3) is 0.364. The van der Waals surface area contributed by atoms with Gasteiger partial charge in [-0.2, -0.15) is 0 Å². The van der Waals surface area contributed by atoms with Crippen LogP contribution in [-0.2, 0) is 17.9 Å². The third-order valence-electron chi connectivity index (χ3n) is 4.57. The molecule has 0 unspecified atom stereocenters.